The van der Waals surface area contributed by atoms with E-state index in [9.17, 15) is 0 Å². The van der Waals surface area contributed by atoms with Crippen molar-refractivity contribution in [2.45, 2.75) is 32.0 Å². The van der Waals surface area contributed by atoms with Crippen LogP contribution >= 0.6 is 0 Å². The molecule has 2 heteroatoms. The first-order valence-electron chi connectivity index (χ1n) is 7.88. The molecule has 0 radical (unpaired) electrons. The number of nitrogens with one attached hydrogen (secondary N) is 1. The van der Waals surface area contributed by atoms with E-state index in [0.29, 0.717) is 12.1 Å². The minimum absolute atomic E-state index is 0.424. The van der Waals surface area contributed by atoms with Crippen molar-refractivity contribution in [2.75, 3.05) is 13.1 Å². The van der Waals surface area contributed by atoms with Gasteiger partial charge >= 0.3 is 0 Å². The second-order valence-electron chi connectivity index (χ2n) is 6.01. The molecular formula is C19H24N2. The third kappa shape index (κ3) is 3.93. The summed E-state index contributed by atoms with van der Waals surface area (Å²) in [6.45, 7) is 5.66. The van der Waals surface area contributed by atoms with E-state index < -0.39 is 0 Å². The number of nitrogens with zero attached hydrogens (tertiary/aromatic N) is 1. The number of hydrogen-bond acceptors (Lipinski definition) is 2. The van der Waals surface area contributed by atoms with Crippen LogP contribution in [0, 0.1) is 0 Å². The highest BCUT2D eigenvalue weighted by Gasteiger charge is 2.23. The van der Waals surface area contributed by atoms with Crippen molar-refractivity contribution in [3.8, 4) is 0 Å². The molecule has 2 aromatic carbocycles. The second kappa shape index (κ2) is 6.88. The van der Waals surface area contributed by atoms with Crippen LogP contribution in [0.5, 0.6) is 0 Å². The first-order chi connectivity index (χ1) is 10.3. The molecule has 1 N–H and O–H groups in total. The van der Waals surface area contributed by atoms with Gasteiger partial charge in [-0.25, -0.2) is 0 Å². The molecule has 0 bridgehead atoms. The quantitative estimate of drug-likeness (QED) is 0.900. The molecule has 3 rings (SSSR count). The normalized spacial score (nSPS) is 20.5. The molecule has 1 aliphatic heterocycles. The molecule has 1 saturated heterocycles. The molecule has 110 valence electrons. The lowest BCUT2D eigenvalue weighted by atomic mass is 10.1. The summed E-state index contributed by atoms with van der Waals surface area (Å²) >= 11 is 0. The molecule has 1 aliphatic rings. The SMILES string of the molecule is C[C@@H](NC1CCN(Cc2ccccc2)C1)c1ccccc1. The van der Waals surface area contributed by atoms with Crippen LogP contribution in [0.4, 0.5) is 0 Å². The summed E-state index contributed by atoms with van der Waals surface area (Å²) in [6, 6.07) is 22.5. The molecule has 2 nitrogen and oxygen atoms in total. The Labute approximate surface area is 127 Å². The van der Waals surface area contributed by atoms with Gasteiger partial charge in [0, 0.05) is 31.7 Å². The van der Waals surface area contributed by atoms with E-state index in [2.05, 4.69) is 77.8 Å². The monoisotopic (exact) mass is 280 g/mol. The van der Waals surface area contributed by atoms with E-state index in [1.54, 1.807) is 0 Å². The van der Waals surface area contributed by atoms with E-state index in [4.69, 9.17) is 0 Å². The van der Waals surface area contributed by atoms with Crippen LogP contribution < -0.4 is 5.32 Å². The van der Waals surface area contributed by atoms with Gasteiger partial charge in [0.05, 0.1) is 0 Å². The molecule has 0 saturated carbocycles. The van der Waals surface area contributed by atoms with Gasteiger partial charge in [0.2, 0.25) is 0 Å². The Bertz CT molecular complexity index is 538. The molecule has 0 aromatic heterocycles. The average Bonchev–Trinajstić information content (AvgIpc) is 2.96. The van der Waals surface area contributed by atoms with E-state index >= 15 is 0 Å². The Morgan fingerprint density at radius 1 is 1.05 bits per heavy atom. The molecule has 2 atom stereocenters. The summed E-state index contributed by atoms with van der Waals surface area (Å²) in [7, 11) is 0. The maximum Gasteiger partial charge on any atom is 0.0294 e. The van der Waals surface area contributed by atoms with Crippen LogP contribution in [-0.2, 0) is 6.54 Å². The molecule has 1 unspecified atom stereocenters. The van der Waals surface area contributed by atoms with E-state index in [1.165, 1.54) is 24.1 Å². The molecule has 0 amide bonds. The van der Waals surface area contributed by atoms with Gasteiger partial charge < -0.3 is 5.32 Å². The Kier molecular flexibility index (Phi) is 4.69. The molecule has 0 spiro atoms. The fourth-order valence-electron chi connectivity index (χ4n) is 3.15. The third-order valence-electron chi connectivity index (χ3n) is 4.31. The second-order valence-corrected chi connectivity index (χ2v) is 6.01. The average molecular weight is 280 g/mol. The largest absolute Gasteiger partial charge is 0.306 e. The van der Waals surface area contributed by atoms with Crippen molar-refractivity contribution in [1.82, 2.24) is 10.2 Å². The van der Waals surface area contributed by atoms with Crippen molar-refractivity contribution in [3.05, 3.63) is 71.8 Å². The van der Waals surface area contributed by atoms with Crippen LogP contribution in [0.15, 0.2) is 60.7 Å². The summed E-state index contributed by atoms with van der Waals surface area (Å²) < 4.78 is 0. The van der Waals surface area contributed by atoms with Crippen LogP contribution in [0.1, 0.15) is 30.5 Å². The van der Waals surface area contributed by atoms with E-state index in [-0.39, 0.29) is 0 Å². The van der Waals surface area contributed by atoms with Gasteiger partial charge in [-0.15, -0.1) is 0 Å². The van der Waals surface area contributed by atoms with Crippen molar-refractivity contribution < 1.29 is 0 Å². The van der Waals surface area contributed by atoms with E-state index in [0.717, 1.165) is 13.1 Å². The fraction of sp³-hybridized carbons (Fsp3) is 0.368. The summed E-state index contributed by atoms with van der Waals surface area (Å²) in [5.41, 5.74) is 2.79. The van der Waals surface area contributed by atoms with Crippen LogP contribution in [0.25, 0.3) is 0 Å². The molecule has 1 fully saturated rings. The zero-order valence-electron chi connectivity index (χ0n) is 12.7. The zero-order valence-corrected chi connectivity index (χ0v) is 12.7. The maximum atomic E-state index is 3.77. The van der Waals surface area contributed by atoms with Crippen molar-refractivity contribution in [1.29, 1.82) is 0 Å². The highest BCUT2D eigenvalue weighted by molar-refractivity contribution is 5.18. The Balaban J connectivity index is 1.51. The Morgan fingerprint density at radius 2 is 1.71 bits per heavy atom. The van der Waals surface area contributed by atoms with Gasteiger partial charge in [0.25, 0.3) is 0 Å². The summed E-state index contributed by atoms with van der Waals surface area (Å²) in [5, 5.41) is 3.77. The minimum atomic E-state index is 0.424. The predicted octanol–water partition coefficient (Wildman–Crippen LogP) is 3.61. The molecule has 21 heavy (non-hydrogen) atoms. The molecular weight excluding hydrogens is 256 g/mol. The topological polar surface area (TPSA) is 15.3 Å². The lowest BCUT2D eigenvalue weighted by Gasteiger charge is -2.21. The third-order valence-corrected chi connectivity index (χ3v) is 4.31. The highest BCUT2D eigenvalue weighted by atomic mass is 15.2. The standard InChI is InChI=1S/C19H24N2/c1-16(18-10-6-3-7-11-18)20-19-12-13-21(15-19)14-17-8-4-2-5-9-17/h2-11,16,19-20H,12-15H2,1H3/t16-,19?/m1/s1. The number of hydrogen-bond donors (Lipinski definition) is 1. The van der Waals surface area contributed by atoms with Gasteiger partial charge in [0.1, 0.15) is 0 Å². The lowest BCUT2D eigenvalue weighted by Crippen LogP contribution is -2.34. The van der Waals surface area contributed by atoms with Gasteiger partial charge in [0.15, 0.2) is 0 Å². The summed E-state index contributed by atoms with van der Waals surface area (Å²) in [4.78, 5) is 2.55. The Morgan fingerprint density at radius 3 is 2.43 bits per heavy atom. The molecule has 0 aliphatic carbocycles. The van der Waals surface area contributed by atoms with Gasteiger partial charge in [-0.1, -0.05) is 60.7 Å². The molecule has 2 aromatic rings. The minimum Gasteiger partial charge on any atom is -0.306 e. The van der Waals surface area contributed by atoms with Gasteiger partial charge in [-0.2, -0.15) is 0 Å². The smallest absolute Gasteiger partial charge is 0.0294 e. The van der Waals surface area contributed by atoms with E-state index in [1.807, 2.05) is 0 Å². The number of likely N-dealkylation sites (tertiary alicyclic amines) is 1. The predicted molar refractivity (Wildman–Crippen MR) is 88.1 cm³/mol. The van der Waals surface area contributed by atoms with Crippen molar-refractivity contribution in [3.63, 3.8) is 0 Å². The Hall–Kier alpha value is -1.64. The van der Waals surface area contributed by atoms with Crippen molar-refractivity contribution in [2.24, 2.45) is 0 Å². The number of rotatable bonds is 5. The maximum absolute atomic E-state index is 3.77. The van der Waals surface area contributed by atoms with Crippen LogP contribution in [-0.4, -0.2) is 24.0 Å². The summed E-state index contributed by atoms with van der Waals surface area (Å²) in [5.74, 6) is 0. The first-order valence-corrected chi connectivity index (χ1v) is 7.88. The fourth-order valence-corrected chi connectivity index (χ4v) is 3.15. The van der Waals surface area contributed by atoms with Gasteiger partial charge in [-0.05, 0) is 24.5 Å². The zero-order chi connectivity index (χ0) is 14.5. The van der Waals surface area contributed by atoms with Crippen molar-refractivity contribution >= 4 is 0 Å². The van der Waals surface area contributed by atoms with Crippen LogP contribution in [0.2, 0.25) is 0 Å². The highest BCUT2D eigenvalue weighted by Crippen LogP contribution is 2.18. The summed E-state index contributed by atoms with van der Waals surface area (Å²) in [6.07, 6.45) is 1.24. The molecule has 1 heterocycles. The van der Waals surface area contributed by atoms with Crippen LogP contribution in [0.3, 0.4) is 0 Å². The number of benzene rings is 2. The first kappa shape index (κ1) is 14.3. The lowest BCUT2D eigenvalue weighted by molar-refractivity contribution is 0.316. The van der Waals surface area contributed by atoms with Gasteiger partial charge in [-0.3, -0.25) is 4.90 Å².